The summed E-state index contributed by atoms with van der Waals surface area (Å²) in [7, 11) is 1.61. The number of aromatic nitrogens is 4. The van der Waals surface area contributed by atoms with E-state index in [0.29, 0.717) is 0 Å². The van der Waals surface area contributed by atoms with Gasteiger partial charge in [0.25, 0.3) is 0 Å². The van der Waals surface area contributed by atoms with Crippen LogP contribution in [0.2, 0.25) is 0 Å². The summed E-state index contributed by atoms with van der Waals surface area (Å²) in [6, 6.07) is 1.35. The van der Waals surface area contributed by atoms with E-state index in [9.17, 15) is 4.79 Å². The zero-order chi connectivity index (χ0) is 10.1. The van der Waals surface area contributed by atoms with Crippen molar-refractivity contribution in [2.45, 2.75) is 0 Å². The van der Waals surface area contributed by atoms with Crippen molar-refractivity contribution in [3.8, 4) is 11.6 Å². The number of carbonyl (C=O) groups is 1. The summed E-state index contributed by atoms with van der Waals surface area (Å²) in [6.07, 6.45) is 1.13. The molecule has 0 aliphatic rings. The lowest BCUT2D eigenvalue weighted by molar-refractivity contribution is 0.0696. The van der Waals surface area contributed by atoms with Crippen LogP contribution in [0.4, 0.5) is 0 Å². The largest absolute Gasteiger partial charge is 0.478 e. The highest BCUT2D eigenvalue weighted by molar-refractivity contribution is 5.88. The van der Waals surface area contributed by atoms with Gasteiger partial charge in [-0.3, -0.25) is 0 Å². The third kappa shape index (κ3) is 1.35. The Hall–Kier alpha value is -2.18. The van der Waals surface area contributed by atoms with Gasteiger partial charge in [0.15, 0.2) is 5.76 Å². The zero-order valence-electron chi connectivity index (χ0n) is 7.21. The van der Waals surface area contributed by atoms with Gasteiger partial charge in [-0.25, -0.2) is 4.79 Å². The minimum absolute atomic E-state index is 0.0625. The lowest BCUT2D eigenvalue weighted by Gasteiger charge is -1.82. The van der Waals surface area contributed by atoms with Gasteiger partial charge < -0.3 is 9.52 Å². The average molecular weight is 194 g/mol. The average Bonchev–Trinajstić information content (AvgIpc) is 2.70. The van der Waals surface area contributed by atoms with Gasteiger partial charge >= 0.3 is 5.97 Å². The van der Waals surface area contributed by atoms with Gasteiger partial charge in [0, 0.05) is 6.07 Å². The second-order valence-corrected chi connectivity index (χ2v) is 2.61. The predicted molar refractivity (Wildman–Crippen MR) is 43.5 cm³/mol. The van der Waals surface area contributed by atoms with E-state index < -0.39 is 5.97 Å². The van der Waals surface area contributed by atoms with E-state index in [0.717, 1.165) is 6.26 Å². The monoisotopic (exact) mass is 194 g/mol. The molecule has 0 saturated heterocycles. The SMILES string of the molecule is Cn1nnc(-c2cc(C(=O)O)co2)n1. The molecule has 0 aliphatic carbocycles. The second-order valence-electron chi connectivity index (χ2n) is 2.61. The van der Waals surface area contributed by atoms with Gasteiger partial charge in [0.2, 0.25) is 5.82 Å². The van der Waals surface area contributed by atoms with Gasteiger partial charge in [-0.2, -0.15) is 4.80 Å². The smallest absolute Gasteiger partial charge is 0.338 e. The van der Waals surface area contributed by atoms with E-state index in [2.05, 4.69) is 15.4 Å². The first kappa shape index (κ1) is 8.42. The summed E-state index contributed by atoms with van der Waals surface area (Å²) in [5.41, 5.74) is 0.0625. The van der Waals surface area contributed by atoms with Crippen molar-refractivity contribution in [1.82, 2.24) is 20.2 Å². The van der Waals surface area contributed by atoms with Crippen LogP contribution in [0.3, 0.4) is 0 Å². The molecule has 2 aromatic rings. The molecule has 0 fully saturated rings. The quantitative estimate of drug-likeness (QED) is 0.732. The molecular weight excluding hydrogens is 188 g/mol. The molecular formula is C7H6N4O3. The van der Waals surface area contributed by atoms with Crippen LogP contribution in [0.25, 0.3) is 11.6 Å². The number of furan rings is 1. The van der Waals surface area contributed by atoms with Gasteiger partial charge in [-0.15, -0.1) is 10.2 Å². The van der Waals surface area contributed by atoms with E-state index in [1.165, 1.54) is 10.9 Å². The van der Waals surface area contributed by atoms with Crippen molar-refractivity contribution in [2.75, 3.05) is 0 Å². The molecule has 72 valence electrons. The Morgan fingerprint density at radius 1 is 1.64 bits per heavy atom. The summed E-state index contributed by atoms with van der Waals surface area (Å²) in [5.74, 6) is -0.501. The Morgan fingerprint density at radius 2 is 2.43 bits per heavy atom. The summed E-state index contributed by atoms with van der Waals surface area (Å²) in [5, 5.41) is 19.8. The molecule has 0 aromatic carbocycles. The van der Waals surface area contributed by atoms with Crippen LogP contribution in [-0.2, 0) is 7.05 Å². The molecule has 2 heterocycles. The minimum atomic E-state index is -1.05. The highest BCUT2D eigenvalue weighted by Crippen LogP contribution is 2.16. The Bertz CT molecular complexity index is 473. The van der Waals surface area contributed by atoms with Crippen molar-refractivity contribution in [2.24, 2.45) is 7.05 Å². The molecule has 0 amide bonds. The first-order valence-corrected chi connectivity index (χ1v) is 3.73. The van der Waals surface area contributed by atoms with Crippen molar-refractivity contribution in [3.05, 3.63) is 17.9 Å². The topological polar surface area (TPSA) is 94.0 Å². The molecule has 0 aliphatic heterocycles. The number of rotatable bonds is 2. The van der Waals surface area contributed by atoms with Crippen LogP contribution >= 0.6 is 0 Å². The van der Waals surface area contributed by atoms with E-state index in [4.69, 9.17) is 9.52 Å². The van der Waals surface area contributed by atoms with E-state index >= 15 is 0 Å². The van der Waals surface area contributed by atoms with Crippen LogP contribution in [0.15, 0.2) is 16.7 Å². The first-order valence-electron chi connectivity index (χ1n) is 3.73. The fourth-order valence-electron chi connectivity index (χ4n) is 0.948. The maximum atomic E-state index is 10.5. The van der Waals surface area contributed by atoms with Crippen LogP contribution in [0.5, 0.6) is 0 Å². The Kier molecular flexibility index (Phi) is 1.77. The third-order valence-electron chi connectivity index (χ3n) is 1.58. The molecule has 7 nitrogen and oxygen atoms in total. The van der Waals surface area contributed by atoms with Crippen molar-refractivity contribution < 1.29 is 14.3 Å². The molecule has 0 radical (unpaired) electrons. The standard InChI is InChI=1S/C7H6N4O3/c1-11-9-6(8-10-11)5-2-4(3-14-5)7(12)13/h2-3H,1H3,(H,12,13). The maximum absolute atomic E-state index is 10.5. The molecule has 2 rings (SSSR count). The van der Waals surface area contributed by atoms with Gasteiger partial charge in [-0.05, 0) is 5.21 Å². The normalized spacial score (nSPS) is 10.4. The third-order valence-corrected chi connectivity index (χ3v) is 1.58. The van der Waals surface area contributed by atoms with Gasteiger partial charge in [0.1, 0.15) is 6.26 Å². The van der Waals surface area contributed by atoms with Crippen LogP contribution in [0, 0.1) is 0 Å². The number of carboxylic acid groups (broad SMARTS) is 1. The maximum Gasteiger partial charge on any atom is 0.338 e. The Morgan fingerprint density at radius 3 is 2.93 bits per heavy atom. The summed E-state index contributed by atoms with van der Waals surface area (Å²) < 4.78 is 4.97. The molecule has 14 heavy (non-hydrogen) atoms. The lowest BCUT2D eigenvalue weighted by atomic mass is 10.3. The van der Waals surface area contributed by atoms with Crippen LogP contribution in [-0.4, -0.2) is 31.3 Å². The Balaban J connectivity index is 2.38. The molecule has 7 heteroatoms. The summed E-state index contributed by atoms with van der Waals surface area (Å²) in [6.45, 7) is 0. The van der Waals surface area contributed by atoms with Crippen LogP contribution in [0.1, 0.15) is 10.4 Å². The number of hydrogen-bond acceptors (Lipinski definition) is 5. The molecule has 0 spiro atoms. The highest BCUT2D eigenvalue weighted by atomic mass is 16.4. The molecule has 2 aromatic heterocycles. The van der Waals surface area contributed by atoms with E-state index in [-0.39, 0.29) is 17.1 Å². The Labute approximate surface area is 78.0 Å². The molecule has 1 N–H and O–H groups in total. The number of hydrogen-bond donors (Lipinski definition) is 1. The summed E-state index contributed by atoms with van der Waals surface area (Å²) >= 11 is 0. The molecule has 0 atom stereocenters. The number of carboxylic acids is 1. The fourth-order valence-corrected chi connectivity index (χ4v) is 0.948. The zero-order valence-corrected chi connectivity index (χ0v) is 7.21. The lowest BCUT2D eigenvalue weighted by Crippen LogP contribution is -1.92. The van der Waals surface area contributed by atoms with Crippen LogP contribution < -0.4 is 0 Å². The first-order chi connectivity index (χ1) is 6.66. The number of tetrazole rings is 1. The second kappa shape index (κ2) is 2.95. The van der Waals surface area contributed by atoms with E-state index in [1.54, 1.807) is 7.05 Å². The molecule has 0 saturated carbocycles. The van der Waals surface area contributed by atoms with E-state index in [1.807, 2.05) is 0 Å². The predicted octanol–water partition coefficient (Wildman–Crippen LogP) is 0.168. The molecule has 0 bridgehead atoms. The number of aromatic carboxylic acids is 1. The minimum Gasteiger partial charge on any atom is -0.478 e. The number of nitrogens with zero attached hydrogens (tertiary/aromatic N) is 4. The van der Waals surface area contributed by atoms with Crippen molar-refractivity contribution >= 4 is 5.97 Å². The van der Waals surface area contributed by atoms with Crippen molar-refractivity contribution in [1.29, 1.82) is 0 Å². The summed E-state index contributed by atoms with van der Waals surface area (Å²) in [4.78, 5) is 11.8. The fraction of sp³-hybridized carbons (Fsp3) is 0.143. The van der Waals surface area contributed by atoms with Gasteiger partial charge in [-0.1, -0.05) is 0 Å². The number of aryl methyl sites for hydroxylation is 1. The molecule has 0 unspecified atom stereocenters. The van der Waals surface area contributed by atoms with Crippen molar-refractivity contribution in [3.63, 3.8) is 0 Å². The highest BCUT2D eigenvalue weighted by Gasteiger charge is 2.13. The van der Waals surface area contributed by atoms with Gasteiger partial charge in [0.05, 0.1) is 12.6 Å².